The summed E-state index contributed by atoms with van der Waals surface area (Å²) in [6.07, 6.45) is 1.78. The van der Waals surface area contributed by atoms with Crippen LogP contribution in [0.1, 0.15) is 11.3 Å². The third-order valence-corrected chi connectivity index (χ3v) is 3.25. The zero-order valence-corrected chi connectivity index (χ0v) is 12.3. The average Bonchev–Trinajstić information content (AvgIpc) is 2.49. The van der Waals surface area contributed by atoms with Crippen LogP contribution in [-0.2, 0) is 13.1 Å². The Kier molecular flexibility index (Phi) is 5.21. The van der Waals surface area contributed by atoms with E-state index in [1.807, 2.05) is 24.3 Å². The third kappa shape index (κ3) is 3.62. The highest BCUT2D eigenvalue weighted by Crippen LogP contribution is 2.32. The number of aromatic nitrogens is 1. The quantitative estimate of drug-likeness (QED) is 0.889. The van der Waals surface area contributed by atoms with Gasteiger partial charge < -0.3 is 14.8 Å². The molecule has 4 nitrogen and oxygen atoms in total. The lowest BCUT2D eigenvalue weighted by Crippen LogP contribution is -2.14. The molecule has 1 heterocycles. The topological polar surface area (TPSA) is 43.4 Å². The Bertz CT molecular complexity index is 561. The predicted molar refractivity (Wildman–Crippen MR) is 79.3 cm³/mol. The van der Waals surface area contributed by atoms with Crippen molar-refractivity contribution >= 4 is 11.6 Å². The van der Waals surface area contributed by atoms with Gasteiger partial charge in [0.05, 0.1) is 19.9 Å². The number of hydrogen-bond donors (Lipinski definition) is 1. The van der Waals surface area contributed by atoms with Crippen LogP contribution in [0.25, 0.3) is 0 Å². The van der Waals surface area contributed by atoms with Gasteiger partial charge in [-0.2, -0.15) is 0 Å². The van der Waals surface area contributed by atoms with Gasteiger partial charge in [0.15, 0.2) is 11.5 Å². The standard InChI is InChI=1S/C15H17ClN2O2/c1-19-14-7-11(13(16)8-15(14)20-2)9-17-10-12-5-3-4-6-18-12/h3-8,17H,9-10H2,1-2H3. The first-order chi connectivity index (χ1) is 9.74. The summed E-state index contributed by atoms with van der Waals surface area (Å²) in [5, 5.41) is 3.95. The summed E-state index contributed by atoms with van der Waals surface area (Å²) < 4.78 is 10.5. The summed E-state index contributed by atoms with van der Waals surface area (Å²) in [5.41, 5.74) is 1.95. The molecule has 0 amide bonds. The molecule has 0 spiro atoms. The molecule has 0 bridgehead atoms. The van der Waals surface area contributed by atoms with Gasteiger partial charge in [-0.25, -0.2) is 0 Å². The van der Waals surface area contributed by atoms with Crippen LogP contribution in [0.3, 0.4) is 0 Å². The maximum absolute atomic E-state index is 6.23. The molecule has 1 aromatic carbocycles. The van der Waals surface area contributed by atoms with Crippen molar-refractivity contribution < 1.29 is 9.47 Å². The Morgan fingerprint density at radius 3 is 2.50 bits per heavy atom. The molecule has 0 radical (unpaired) electrons. The van der Waals surface area contributed by atoms with Gasteiger partial charge in [-0.3, -0.25) is 4.98 Å². The van der Waals surface area contributed by atoms with Crippen molar-refractivity contribution in [2.75, 3.05) is 14.2 Å². The molecule has 0 aliphatic heterocycles. The SMILES string of the molecule is COc1cc(Cl)c(CNCc2ccccn2)cc1OC. The van der Waals surface area contributed by atoms with Crippen LogP contribution in [0.2, 0.25) is 5.02 Å². The second-order valence-corrected chi connectivity index (χ2v) is 4.63. The summed E-state index contributed by atoms with van der Waals surface area (Å²) in [6, 6.07) is 9.48. The minimum atomic E-state index is 0.631. The fraction of sp³-hybridized carbons (Fsp3) is 0.267. The Morgan fingerprint density at radius 2 is 1.85 bits per heavy atom. The number of rotatable bonds is 6. The summed E-state index contributed by atoms with van der Waals surface area (Å²) in [7, 11) is 3.20. The van der Waals surface area contributed by atoms with E-state index in [0.29, 0.717) is 29.6 Å². The van der Waals surface area contributed by atoms with Gasteiger partial charge in [-0.1, -0.05) is 17.7 Å². The number of methoxy groups -OCH3 is 2. The molecule has 1 aromatic heterocycles. The number of halogens is 1. The molecular weight excluding hydrogens is 276 g/mol. The van der Waals surface area contributed by atoms with E-state index in [4.69, 9.17) is 21.1 Å². The van der Waals surface area contributed by atoms with Crippen molar-refractivity contribution in [1.82, 2.24) is 10.3 Å². The molecule has 0 aliphatic rings. The fourth-order valence-electron chi connectivity index (χ4n) is 1.86. The van der Waals surface area contributed by atoms with E-state index in [9.17, 15) is 0 Å². The van der Waals surface area contributed by atoms with Crippen LogP contribution in [0.4, 0.5) is 0 Å². The summed E-state index contributed by atoms with van der Waals surface area (Å²) >= 11 is 6.23. The van der Waals surface area contributed by atoms with E-state index in [2.05, 4.69) is 10.3 Å². The molecule has 106 valence electrons. The lowest BCUT2D eigenvalue weighted by molar-refractivity contribution is 0.354. The Morgan fingerprint density at radius 1 is 1.10 bits per heavy atom. The molecule has 2 aromatic rings. The Labute approximate surface area is 123 Å². The highest BCUT2D eigenvalue weighted by atomic mass is 35.5. The van der Waals surface area contributed by atoms with Gasteiger partial charge in [0.2, 0.25) is 0 Å². The Hall–Kier alpha value is -1.78. The fourth-order valence-corrected chi connectivity index (χ4v) is 2.08. The molecule has 0 saturated carbocycles. The number of ether oxygens (including phenoxy) is 2. The monoisotopic (exact) mass is 292 g/mol. The maximum Gasteiger partial charge on any atom is 0.162 e. The first-order valence-electron chi connectivity index (χ1n) is 6.25. The number of hydrogen-bond acceptors (Lipinski definition) is 4. The molecule has 2 rings (SSSR count). The second-order valence-electron chi connectivity index (χ2n) is 4.22. The number of nitrogens with one attached hydrogen (secondary N) is 1. The van der Waals surface area contributed by atoms with Gasteiger partial charge in [-0.05, 0) is 23.8 Å². The van der Waals surface area contributed by atoms with E-state index >= 15 is 0 Å². The van der Waals surface area contributed by atoms with E-state index in [1.165, 1.54) is 0 Å². The van der Waals surface area contributed by atoms with Gasteiger partial charge in [-0.15, -0.1) is 0 Å². The van der Waals surface area contributed by atoms with E-state index < -0.39 is 0 Å². The van der Waals surface area contributed by atoms with Gasteiger partial charge in [0.25, 0.3) is 0 Å². The second kappa shape index (κ2) is 7.12. The maximum atomic E-state index is 6.23. The van der Waals surface area contributed by atoms with E-state index in [-0.39, 0.29) is 0 Å². The van der Waals surface area contributed by atoms with Crippen molar-refractivity contribution in [2.45, 2.75) is 13.1 Å². The van der Waals surface area contributed by atoms with Gasteiger partial charge in [0.1, 0.15) is 0 Å². The summed E-state index contributed by atoms with van der Waals surface area (Å²) in [6.45, 7) is 1.32. The number of nitrogens with zero attached hydrogens (tertiary/aromatic N) is 1. The van der Waals surface area contributed by atoms with Crippen LogP contribution in [0.15, 0.2) is 36.5 Å². The summed E-state index contributed by atoms with van der Waals surface area (Å²) in [5.74, 6) is 1.30. The minimum Gasteiger partial charge on any atom is -0.493 e. The van der Waals surface area contributed by atoms with Crippen LogP contribution in [-0.4, -0.2) is 19.2 Å². The van der Waals surface area contributed by atoms with Gasteiger partial charge in [0, 0.05) is 30.4 Å². The minimum absolute atomic E-state index is 0.631. The zero-order valence-electron chi connectivity index (χ0n) is 11.5. The van der Waals surface area contributed by atoms with Crippen LogP contribution >= 0.6 is 11.6 Å². The molecule has 20 heavy (non-hydrogen) atoms. The first-order valence-corrected chi connectivity index (χ1v) is 6.63. The van der Waals surface area contributed by atoms with Crippen molar-refractivity contribution in [1.29, 1.82) is 0 Å². The first kappa shape index (κ1) is 14.6. The lowest BCUT2D eigenvalue weighted by atomic mass is 10.2. The van der Waals surface area contributed by atoms with Crippen molar-refractivity contribution in [3.8, 4) is 11.5 Å². The highest BCUT2D eigenvalue weighted by molar-refractivity contribution is 6.31. The van der Waals surface area contributed by atoms with E-state index in [0.717, 1.165) is 11.3 Å². The lowest BCUT2D eigenvalue weighted by Gasteiger charge is -2.12. The molecule has 0 unspecified atom stereocenters. The van der Waals surface area contributed by atoms with Crippen molar-refractivity contribution in [2.24, 2.45) is 0 Å². The molecular formula is C15H17ClN2O2. The van der Waals surface area contributed by atoms with Crippen molar-refractivity contribution in [3.05, 3.63) is 52.8 Å². The summed E-state index contributed by atoms with van der Waals surface area (Å²) in [4.78, 5) is 4.25. The average molecular weight is 293 g/mol. The molecule has 0 aliphatic carbocycles. The Balaban J connectivity index is 2.02. The highest BCUT2D eigenvalue weighted by Gasteiger charge is 2.09. The van der Waals surface area contributed by atoms with Crippen LogP contribution < -0.4 is 14.8 Å². The predicted octanol–water partition coefficient (Wildman–Crippen LogP) is 3.04. The van der Waals surface area contributed by atoms with Gasteiger partial charge >= 0.3 is 0 Å². The van der Waals surface area contributed by atoms with Crippen LogP contribution in [0, 0.1) is 0 Å². The van der Waals surface area contributed by atoms with Crippen LogP contribution in [0.5, 0.6) is 11.5 Å². The third-order valence-electron chi connectivity index (χ3n) is 2.90. The number of benzene rings is 1. The smallest absolute Gasteiger partial charge is 0.162 e. The molecule has 5 heteroatoms. The largest absolute Gasteiger partial charge is 0.493 e. The normalized spacial score (nSPS) is 10.3. The van der Waals surface area contributed by atoms with Crippen molar-refractivity contribution in [3.63, 3.8) is 0 Å². The molecule has 1 N–H and O–H groups in total. The molecule has 0 fully saturated rings. The molecule has 0 atom stereocenters. The molecule has 0 saturated heterocycles. The zero-order chi connectivity index (χ0) is 14.4. The number of pyridine rings is 1. The van der Waals surface area contributed by atoms with E-state index in [1.54, 1.807) is 26.5 Å².